The molecule has 0 amide bonds. The number of fused-ring (bicyclic) bond motifs is 1. The molecule has 1 saturated carbocycles. The lowest BCUT2D eigenvalue weighted by atomic mass is 9.85. The number of nitrogens with zero attached hydrogens (tertiary/aromatic N) is 1. The lowest BCUT2D eigenvalue weighted by molar-refractivity contribution is 0.340. The van der Waals surface area contributed by atoms with Gasteiger partial charge in [0.1, 0.15) is 17.3 Å². The van der Waals surface area contributed by atoms with E-state index in [0.717, 1.165) is 19.4 Å². The topological polar surface area (TPSA) is 15.3 Å². The number of anilines is 1. The predicted octanol–water partition coefficient (Wildman–Crippen LogP) is 3.45. The number of rotatable bonds is 3. The summed E-state index contributed by atoms with van der Waals surface area (Å²) in [6.07, 6.45) is 5.80. The predicted molar refractivity (Wildman–Crippen MR) is 76.8 cm³/mol. The van der Waals surface area contributed by atoms with E-state index in [1.54, 1.807) is 7.05 Å². The molecule has 2 fully saturated rings. The fourth-order valence-electron chi connectivity index (χ4n) is 3.88. The highest BCUT2D eigenvalue weighted by Crippen LogP contribution is 2.40. The summed E-state index contributed by atoms with van der Waals surface area (Å²) in [5.74, 6) is -0.206. The van der Waals surface area contributed by atoms with Crippen molar-refractivity contribution in [2.75, 3.05) is 18.5 Å². The van der Waals surface area contributed by atoms with Gasteiger partial charge in [-0.3, -0.25) is 0 Å². The van der Waals surface area contributed by atoms with Crippen molar-refractivity contribution in [3.05, 3.63) is 29.3 Å². The quantitative estimate of drug-likeness (QED) is 0.912. The first-order valence-corrected chi connectivity index (χ1v) is 7.60. The molecule has 0 radical (unpaired) electrons. The minimum Gasteiger partial charge on any atom is -0.364 e. The highest BCUT2D eigenvalue weighted by molar-refractivity contribution is 5.53. The largest absolute Gasteiger partial charge is 0.364 e. The van der Waals surface area contributed by atoms with Crippen LogP contribution in [0.25, 0.3) is 0 Å². The van der Waals surface area contributed by atoms with Gasteiger partial charge >= 0.3 is 0 Å². The highest BCUT2D eigenvalue weighted by Gasteiger charge is 2.37. The van der Waals surface area contributed by atoms with E-state index in [-0.39, 0.29) is 5.69 Å². The maximum atomic E-state index is 14.3. The van der Waals surface area contributed by atoms with Crippen molar-refractivity contribution in [2.45, 2.75) is 44.7 Å². The van der Waals surface area contributed by atoms with E-state index in [2.05, 4.69) is 5.32 Å². The second-order valence-electron chi connectivity index (χ2n) is 6.03. The Morgan fingerprint density at radius 3 is 2.55 bits per heavy atom. The van der Waals surface area contributed by atoms with Gasteiger partial charge in [0.25, 0.3) is 0 Å². The van der Waals surface area contributed by atoms with E-state index >= 15 is 0 Å². The van der Waals surface area contributed by atoms with Crippen LogP contribution in [0.3, 0.4) is 0 Å². The van der Waals surface area contributed by atoms with Crippen LogP contribution in [-0.2, 0) is 6.54 Å². The van der Waals surface area contributed by atoms with Crippen molar-refractivity contribution in [1.82, 2.24) is 5.32 Å². The Bertz CT molecular complexity index is 466. The van der Waals surface area contributed by atoms with Gasteiger partial charge in [-0.25, -0.2) is 8.78 Å². The summed E-state index contributed by atoms with van der Waals surface area (Å²) >= 11 is 0. The zero-order chi connectivity index (χ0) is 14.1. The van der Waals surface area contributed by atoms with Crippen LogP contribution >= 0.6 is 0 Å². The molecule has 1 N–H and O–H groups in total. The first-order valence-electron chi connectivity index (χ1n) is 7.60. The van der Waals surface area contributed by atoms with Gasteiger partial charge < -0.3 is 10.2 Å². The molecule has 4 heteroatoms. The standard InChI is InChI=1S/C16H22F2N2/c1-19-10-11-8-13(17)16(14(18)9-11)20-7-6-12-4-2-3-5-15(12)20/h8-9,12,15,19H,2-7,10H2,1H3. The SMILES string of the molecule is CNCc1cc(F)c(N2CCC3CCCCC32)c(F)c1. The molecule has 1 aromatic rings. The molecule has 2 unspecified atom stereocenters. The molecular weight excluding hydrogens is 258 g/mol. The van der Waals surface area contributed by atoms with Crippen molar-refractivity contribution >= 4 is 5.69 Å². The zero-order valence-corrected chi connectivity index (χ0v) is 12.0. The van der Waals surface area contributed by atoms with Crippen molar-refractivity contribution in [3.8, 4) is 0 Å². The van der Waals surface area contributed by atoms with Crippen molar-refractivity contribution in [1.29, 1.82) is 0 Å². The van der Waals surface area contributed by atoms with E-state index in [0.29, 0.717) is 24.1 Å². The van der Waals surface area contributed by atoms with E-state index in [9.17, 15) is 8.78 Å². The first-order chi connectivity index (χ1) is 9.70. The molecule has 2 atom stereocenters. The van der Waals surface area contributed by atoms with Gasteiger partial charge in [-0.2, -0.15) is 0 Å². The van der Waals surface area contributed by atoms with Crippen LogP contribution in [0.1, 0.15) is 37.7 Å². The number of halogens is 2. The molecule has 0 spiro atoms. The summed E-state index contributed by atoms with van der Waals surface area (Å²) in [4.78, 5) is 1.98. The molecule has 110 valence electrons. The molecule has 1 saturated heterocycles. The lowest BCUT2D eigenvalue weighted by Gasteiger charge is -2.33. The summed E-state index contributed by atoms with van der Waals surface area (Å²) in [5.41, 5.74) is 0.852. The Morgan fingerprint density at radius 2 is 1.85 bits per heavy atom. The number of nitrogens with one attached hydrogen (secondary N) is 1. The van der Waals surface area contributed by atoms with Crippen molar-refractivity contribution in [2.24, 2.45) is 5.92 Å². The van der Waals surface area contributed by atoms with Gasteiger partial charge in [-0.05, 0) is 49.9 Å². The zero-order valence-electron chi connectivity index (χ0n) is 12.0. The first kappa shape index (κ1) is 13.8. The third-order valence-corrected chi connectivity index (χ3v) is 4.75. The maximum absolute atomic E-state index is 14.3. The Morgan fingerprint density at radius 1 is 1.15 bits per heavy atom. The third-order valence-electron chi connectivity index (χ3n) is 4.75. The molecule has 1 aliphatic carbocycles. The second kappa shape index (κ2) is 5.68. The van der Waals surface area contributed by atoms with Crippen LogP contribution in [0.5, 0.6) is 0 Å². The van der Waals surface area contributed by atoms with Gasteiger partial charge in [-0.1, -0.05) is 12.8 Å². The summed E-state index contributed by atoms with van der Waals surface area (Å²) in [6, 6.07) is 3.26. The van der Waals surface area contributed by atoms with E-state index < -0.39 is 11.6 Å². The Kier molecular flexibility index (Phi) is 3.92. The Hall–Kier alpha value is -1.16. The summed E-state index contributed by atoms with van der Waals surface area (Å²) < 4.78 is 28.7. The minimum atomic E-state index is -0.415. The molecule has 20 heavy (non-hydrogen) atoms. The monoisotopic (exact) mass is 280 g/mol. The fourth-order valence-corrected chi connectivity index (χ4v) is 3.88. The van der Waals surface area contributed by atoms with Crippen LogP contribution in [0, 0.1) is 17.6 Å². The van der Waals surface area contributed by atoms with Crippen LogP contribution in [-0.4, -0.2) is 19.6 Å². The van der Waals surface area contributed by atoms with Gasteiger partial charge in [0, 0.05) is 19.1 Å². The summed E-state index contributed by atoms with van der Waals surface area (Å²) in [7, 11) is 1.77. The smallest absolute Gasteiger partial charge is 0.149 e. The number of benzene rings is 1. The summed E-state index contributed by atoms with van der Waals surface area (Å²) in [5, 5.41) is 2.93. The fraction of sp³-hybridized carbons (Fsp3) is 0.625. The minimum absolute atomic E-state index is 0.194. The normalized spacial score (nSPS) is 25.9. The van der Waals surface area contributed by atoms with Crippen LogP contribution in [0.2, 0.25) is 0 Å². The number of hydrogen-bond acceptors (Lipinski definition) is 2. The summed E-state index contributed by atoms with van der Waals surface area (Å²) in [6.45, 7) is 1.27. The highest BCUT2D eigenvalue weighted by atomic mass is 19.1. The number of hydrogen-bond donors (Lipinski definition) is 1. The molecular formula is C16H22F2N2. The van der Waals surface area contributed by atoms with Crippen LogP contribution < -0.4 is 10.2 Å². The molecule has 2 aliphatic rings. The molecule has 2 nitrogen and oxygen atoms in total. The average Bonchev–Trinajstić information content (AvgIpc) is 2.83. The molecule has 0 bridgehead atoms. The maximum Gasteiger partial charge on any atom is 0.149 e. The van der Waals surface area contributed by atoms with Crippen LogP contribution in [0.4, 0.5) is 14.5 Å². The van der Waals surface area contributed by atoms with Crippen molar-refractivity contribution < 1.29 is 8.78 Å². The Labute approximate surface area is 119 Å². The lowest BCUT2D eigenvalue weighted by Crippen LogP contribution is -2.35. The van der Waals surface area contributed by atoms with Gasteiger partial charge in [-0.15, -0.1) is 0 Å². The van der Waals surface area contributed by atoms with Gasteiger partial charge in [0.05, 0.1) is 0 Å². The Balaban J connectivity index is 1.90. The third kappa shape index (κ3) is 2.41. The van der Waals surface area contributed by atoms with E-state index in [1.807, 2.05) is 4.90 Å². The van der Waals surface area contributed by atoms with Crippen molar-refractivity contribution in [3.63, 3.8) is 0 Å². The van der Waals surface area contributed by atoms with E-state index in [4.69, 9.17) is 0 Å². The molecule has 3 rings (SSSR count). The van der Waals surface area contributed by atoms with E-state index in [1.165, 1.54) is 31.4 Å². The molecule has 0 aromatic heterocycles. The van der Waals surface area contributed by atoms with Gasteiger partial charge in [0.2, 0.25) is 0 Å². The second-order valence-corrected chi connectivity index (χ2v) is 6.03. The van der Waals surface area contributed by atoms with Crippen LogP contribution in [0.15, 0.2) is 12.1 Å². The molecule has 1 aromatic carbocycles. The molecule has 1 aliphatic heterocycles. The average molecular weight is 280 g/mol. The molecule has 1 heterocycles. The van der Waals surface area contributed by atoms with Gasteiger partial charge in [0.15, 0.2) is 0 Å².